The van der Waals surface area contributed by atoms with E-state index in [0.717, 1.165) is 11.1 Å². The van der Waals surface area contributed by atoms with Crippen LogP contribution in [-0.4, -0.2) is 19.7 Å². The minimum Gasteiger partial charge on any atom is -0.493 e. The number of rotatable bonds is 9. The number of hydrogen-bond donors (Lipinski definition) is 0. The van der Waals surface area contributed by atoms with Gasteiger partial charge < -0.3 is 18.9 Å². The number of benzene rings is 3. The van der Waals surface area contributed by atoms with Gasteiger partial charge in [0.25, 0.3) is 0 Å². The standard InChI is InChI=1S/C25H26O5/c1-4-28-25(26)21-15-22(27-3)24(30-17-20-13-9-6-10-14-20)23(18(21)2)29-16-19-11-7-5-8-12-19/h5-15H,4,16-17H2,1-3H3. The van der Waals surface area contributed by atoms with Crippen LogP contribution in [0.2, 0.25) is 0 Å². The lowest BCUT2D eigenvalue weighted by Gasteiger charge is -2.20. The van der Waals surface area contributed by atoms with E-state index < -0.39 is 5.97 Å². The summed E-state index contributed by atoms with van der Waals surface area (Å²) in [6.07, 6.45) is 0. The first kappa shape index (κ1) is 21.2. The van der Waals surface area contributed by atoms with Crippen LogP contribution >= 0.6 is 0 Å². The maximum atomic E-state index is 12.5. The Kier molecular flexibility index (Phi) is 7.33. The van der Waals surface area contributed by atoms with Crippen molar-refractivity contribution in [3.05, 3.63) is 89.0 Å². The van der Waals surface area contributed by atoms with Crippen molar-refractivity contribution >= 4 is 5.97 Å². The van der Waals surface area contributed by atoms with E-state index in [1.54, 1.807) is 13.0 Å². The summed E-state index contributed by atoms with van der Waals surface area (Å²) >= 11 is 0. The molecule has 0 radical (unpaired) electrons. The molecule has 0 aliphatic heterocycles. The van der Waals surface area contributed by atoms with E-state index in [1.165, 1.54) is 7.11 Å². The number of carbonyl (C=O) groups is 1. The van der Waals surface area contributed by atoms with Gasteiger partial charge in [0, 0.05) is 5.56 Å². The van der Waals surface area contributed by atoms with Crippen molar-refractivity contribution in [2.24, 2.45) is 0 Å². The Balaban J connectivity index is 1.98. The predicted octanol–water partition coefficient (Wildman–Crippen LogP) is 5.34. The summed E-state index contributed by atoms with van der Waals surface area (Å²) in [5.74, 6) is 0.926. The molecule has 5 heteroatoms. The molecule has 0 saturated carbocycles. The monoisotopic (exact) mass is 406 g/mol. The molecule has 0 aliphatic carbocycles. The third-order valence-corrected chi connectivity index (χ3v) is 4.62. The average Bonchev–Trinajstić information content (AvgIpc) is 2.78. The van der Waals surface area contributed by atoms with Gasteiger partial charge in [-0.2, -0.15) is 0 Å². The highest BCUT2D eigenvalue weighted by Gasteiger charge is 2.23. The number of esters is 1. The highest BCUT2D eigenvalue weighted by molar-refractivity contribution is 5.93. The molecule has 0 aliphatic rings. The smallest absolute Gasteiger partial charge is 0.338 e. The van der Waals surface area contributed by atoms with Gasteiger partial charge in [0.2, 0.25) is 5.75 Å². The SMILES string of the molecule is CCOC(=O)c1cc(OC)c(OCc2ccccc2)c(OCc2ccccc2)c1C. The Morgan fingerprint density at radius 3 is 1.87 bits per heavy atom. The first-order valence-electron chi connectivity index (χ1n) is 9.86. The Hall–Kier alpha value is -3.47. The number of ether oxygens (including phenoxy) is 4. The molecular weight excluding hydrogens is 380 g/mol. The van der Waals surface area contributed by atoms with Gasteiger partial charge >= 0.3 is 5.97 Å². The molecule has 0 aromatic heterocycles. The first-order chi connectivity index (χ1) is 14.6. The molecule has 5 nitrogen and oxygen atoms in total. The molecule has 3 rings (SSSR count). The fourth-order valence-corrected chi connectivity index (χ4v) is 3.05. The van der Waals surface area contributed by atoms with E-state index in [9.17, 15) is 4.79 Å². The molecular formula is C25H26O5. The van der Waals surface area contributed by atoms with Crippen LogP contribution in [0, 0.1) is 6.92 Å². The fourth-order valence-electron chi connectivity index (χ4n) is 3.05. The predicted molar refractivity (Wildman–Crippen MR) is 115 cm³/mol. The second-order valence-corrected chi connectivity index (χ2v) is 6.68. The maximum absolute atomic E-state index is 12.5. The van der Waals surface area contributed by atoms with E-state index in [2.05, 4.69) is 0 Å². The zero-order chi connectivity index (χ0) is 21.3. The van der Waals surface area contributed by atoms with Gasteiger partial charge in [-0.25, -0.2) is 4.79 Å². The van der Waals surface area contributed by atoms with Crippen molar-refractivity contribution in [1.82, 2.24) is 0 Å². The van der Waals surface area contributed by atoms with Crippen LogP contribution in [0.1, 0.15) is 34.0 Å². The van der Waals surface area contributed by atoms with Crippen LogP contribution in [-0.2, 0) is 18.0 Å². The van der Waals surface area contributed by atoms with E-state index >= 15 is 0 Å². The van der Waals surface area contributed by atoms with Crippen molar-refractivity contribution in [3.8, 4) is 17.2 Å². The van der Waals surface area contributed by atoms with Crippen LogP contribution < -0.4 is 14.2 Å². The molecule has 3 aromatic rings. The van der Waals surface area contributed by atoms with Gasteiger partial charge in [0.15, 0.2) is 11.5 Å². The summed E-state index contributed by atoms with van der Waals surface area (Å²) in [6.45, 7) is 4.55. The second kappa shape index (κ2) is 10.3. The van der Waals surface area contributed by atoms with E-state index in [4.69, 9.17) is 18.9 Å². The third-order valence-electron chi connectivity index (χ3n) is 4.62. The summed E-state index contributed by atoms with van der Waals surface area (Å²) in [5.41, 5.74) is 3.06. The van der Waals surface area contributed by atoms with Crippen LogP contribution in [0.3, 0.4) is 0 Å². The van der Waals surface area contributed by atoms with E-state index in [1.807, 2.05) is 67.6 Å². The minimum atomic E-state index is -0.424. The van der Waals surface area contributed by atoms with Crippen LogP contribution in [0.5, 0.6) is 17.2 Å². The molecule has 0 saturated heterocycles. The lowest BCUT2D eigenvalue weighted by Crippen LogP contribution is -2.11. The third kappa shape index (κ3) is 5.11. The molecule has 0 bridgehead atoms. The molecule has 0 unspecified atom stereocenters. The molecule has 0 fully saturated rings. The van der Waals surface area contributed by atoms with E-state index in [-0.39, 0.29) is 6.61 Å². The fraction of sp³-hybridized carbons (Fsp3) is 0.240. The molecule has 30 heavy (non-hydrogen) atoms. The lowest BCUT2D eigenvalue weighted by molar-refractivity contribution is 0.0524. The molecule has 0 atom stereocenters. The normalized spacial score (nSPS) is 10.4. The van der Waals surface area contributed by atoms with Gasteiger partial charge in [-0.3, -0.25) is 0 Å². The maximum Gasteiger partial charge on any atom is 0.338 e. The number of carbonyl (C=O) groups excluding carboxylic acids is 1. The molecule has 0 amide bonds. The summed E-state index contributed by atoms with van der Waals surface area (Å²) in [6, 6.07) is 21.3. The minimum absolute atomic E-state index is 0.285. The van der Waals surface area contributed by atoms with Gasteiger partial charge in [-0.1, -0.05) is 60.7 Å². The Morgan fingerprint density at radius 2 is 1.37 bits per heavy atom. The zero-order valence-corrected chi connectivity index (χ0v) is 17.5. The first-order valence-corrected chi connectivity index (χ1v) is 9.86. The Labute approximate surface area is 177 Å². The topological polar surface area (TPSA) is 54.0 Å². The van der Waals surface area contributed by atoms with Gasteiger partial charge in [-0.05, 0) is 31.0 Å². The highest BCUT2D eigenvalue weighted by Crippen LogP contribution is 2.43. The van der Waals surface area contributed by atoms with Crippen molar-refractivity contribution in [2.75, 3.05) is 13.7 Å². The molecule has 0 heterocycles. The van der Waals surface area contributed by atoms with Gasteiger partial charge in [-0.15, -0.1) is 0 Å². The van der Waals surface area contributed by atoms with Crippen LogP contribution in [0.4, 0.5) is 0 Å². The van der Waals surface area contributed by atoms with Crippen molar-refractivity contribution in [3.63, 3.8) is 0 Å². The quantitative estimate of drug-likeness (QED) is 0.449. The largest absolute Gasteiger partial charge is 0.493 e. The average molecular weight is 406 g/mol. The van der Waals surface area contributed by atoms with Gasteiger partial charge in [0.05, 0.1) is 19.3 Å². The second-order valence-electron chi connectivity index (χ2n) is 6.68. The Morgan fingerprint density at radius 1 is 0.833 bits per heavy atom. The van der Waals surface area contributed by atoms with Crippen molar-refractivity contribution in [1.29, 1.82) is 0 Å². The van der Waals surface area contributed by atoms with Gasteiger partial charge in [0.1, 0.15) is 13.2 Å². The number of methoxy groups -OCH3 is 1. The lowest BCUT2D eigenvalue weighted by atomic mass is 10.1. The van der Waals surface area contributed by atoms with Crippen molar-refractivity contribution < 1.29 is 23.7 Å². The number of hydrogen-bond acceptors (Lipinski definition) is 5. The van der Waals surface area contributed by atoms with Crippen LogP contribution in [0.25, 0.3) is 0 Å². The molecule has 3 aromatic carbocycles. The van der Waals surface area contributed by atoms with Crippen LogP contribution in [0.15, 0.2) is 66.7 Å². The molecule has 156 valence electrons. The summed E-state index contributed by atoms with van der Waals surface area (Å²) in [4.78, 5) is 12.5. The molecule has 0 spiro atoms. The van der Waals surface area contributed by atoms with E-state index in [0.29, 0.717) is 41.6 Å². The Bertz CT molecular complexity index is 968. The summed E-state index contributed by atoms with van der Waals surface area (Å²) < 4.78 is 23.0. The summed E-state index contributed by atoms with van der Waals surface area (Å²) in [7, 11) is 1.54. The molecule has 0 N–H and O–H groups in total. The van der Waals surface area contributed by atoms with Crippen molar-refractivity contribution in [2.45, 2.75) is 27.1 Å². The summed E-state index contributed by atoms with van der Waals surface area (Å²) in [5, 5.41) is 0. The zero-order valence-electron chi connectivity index (χ0n) is 17.5. The highest BCUT2D eigenvalue weighted by atomic mass is 16.5.